The summed E-state index contributed by atoms with van der Waals surface area (Å²) in [4.78, 5) is 79.5. The van der Waals surface area contributed by atoms with Crippen LogP contribution >= 0.6 is 0 Å². The van der Waals surface area contributed by atoms with Crippen LogP contribution in [0.15, 0.2) is 97.1 Å². The lowest BCUT2D eigenvalue weighted by molar-refractivity contribution is -0.177. The van der Waals surface area contributed by atoms with Crippen molar-refractivity contribution in [3.05, 3.63) is 119 Å². The molecule has 408 valence electrons. The van der Waals surface area contributed by atoms with Gasteiger partial charge in [0.05, 0.1) is 19.8 Å². The Bertz CT molecular complexity index is 2370. The topological polar surface area (TPSA) is 248 Å². The number of aromatic hydroxyl groups is 1. The number of hydroxylamine groups is 2. The van der Waals surface area contributed by atoms with Crippen molar-refractivity contribution < 1.29 is 81.5 Å². The number of carboxylic acids is 1. The number of hydrogen-bond donors (Lipinski definition) is 3. The fraction of sp³-hybridized carbons (Fsp3) is 0.426. The van der Waals surface area contributed by atoms with Gasteiger partial charge >= 0.3 is 24.1 Å². The summed E-state index contributed by atoms with van der Waals surface area (Å²) in [5.41, 5.74) is 3.63. The van der Waals surface area contributed by atoms with Crippen molar-refractivity contribution in [2.75, 3.05) is 0 Å². The Morgan fingerprint density at radius 2 is 0.811 bits per heavy atom. The van der Waals surface area contributed by atoms with Crippen LogP contribution < -0.4 is 14.2 Å². The Labute approximate surface area is 438 Å². The lowest BCUT2D eigenvalue weighted by Gasteiger charge is -2.36. The first kappa shape index (κ1) is 67.3. The maximum atomic E-state index is 11.4. The Morgan fingerprint density at radius 3 is 1.09 bits per heavy atom. The molecule has 1 aliphatic heterocycles. The number of phenolic OH excluding ortho intramolecular Hbond substituents is 1. The third-order valence-corrected chi connectivity index (χ3v) is 20.0. The molecule has 0 radical (unpaired) electrons. The number of imide groups is 1. The zero-order valence-corrected chi connectivity index (χ0v) is 46.5. The van der Waals surface area contributed by atoms with Gasteiger partial charge in [0.25, 0.3) is 17.8 Å². The van der Waals surface area contributed by atoms with Gasteiger partial charge in [-0.15, -0.1) is 0 Å². The minimum Gasteiger partial charge on any atom is -0.508 e. The maximum absolute atomic E-state index is 11.4. The summed E-state index contributed by atoms with van der Waals surface area (Å²) in [6.45, 7) is 28.6. The molecule has 1 heterocycles. The van der Waals surface area contributed by atoms with E-state index < -0.39 is 46.5 Å². The number of benzene rings is 4. The minimum absolute atomic E-state index is 0. The van der Waals surface area contributed by atoms with Gasteiger partial charge in [-0.3, -0.25) is 33.6 Å². The second-order valence-electron chi connectivity index (χ2n) is 19.4. The average Bonchev–Trinajstić information content (AvgIpc) is 3.60. The molecule has 4 aromatic carbocycles. The summed E-state index contributed by atoms with van der Waals surface area (Å²) in [5.74, 6) is -1.32. The summed E-state index contributed by atoms with van der Waals surface area (Å²) in [6.07, 6.45) is -1.11. The molecule has 0 bridgehead atoms. The van der Waals surface area contributed by atoms with Crippen molar-refractivity contribution >= 4 is 58.5 Å². The van der Waals surface area contributed by atoms with Crippen molar-refractivity contribution in [2.45, 2.75) is 152 Å². The molecule has 1 fully saturated rings. The molecule has 0 spiro atoms. The van der Waals surface area contributed by atoms with Gasteiger partial charge < -0.3 is 43.1 Å². The molecule has 0 aliphatic carbocycles. The summed E-state index contributed by atoms with van der Waals surface area (Å²) in [7, 11) is -3.38. The molecular formula is C54H77NO17Si2. The normalized spacial score (nSPS) is 12.0. The largest absolute Gasteiger partial charge is 0.534 e. The number of carbonyl (C=O) groups is 7. The highest BCUT2D eigenvalue weighted by Gasteiger charge is 2.38. The smallest absolute Gasteiger partial charge is 0.508 e. The van der Waals surface area contributed by atoms with E-state index in [1.807, 2.05) is 24.3 Å². The van der Waals surface area contributed by atoms with E-state index in [2.05, 4.69) is 72.6 Å². The first-order valence-corrected chi connectivity index (χ1v) is 29.0. The molecule has 0 aromatic heterocycles. The highest BCUT2D eigenvalue weighted by Crippen LogP contribution is 2.38. The average molecular weight is 1070 g/mol. The van der Waals surface area contributed by atoms with Gasteiger partial charge in [0, 0.05) is 40.5 Å². The van der Waals surface area contributed by atoms with Crippen LogP contribution in [0, 0.1) is 0 Å². The predicted molar refractivity (Wildman–Crippen MR) is 284 cm³/mol. The highest BCUT2D eigenvalue weighted by molar-refractivity contribution is 6.74. The predicted octanol–water partition coefficient (Wildman–Crippen LogP) is 11.2. The molecule has 0 atom stereocenters. The van der Waals surface area contributed by atoms with Crippen LogP contribution in [0.2, 0.25) is 36.3 Å². The number of aliphatic carboxylic acids is 1. The number of aliphatic hydroxyl groups excluding tert-OH is 1. The molecule has 4 aromatic rings. The quantitative estimate of drug-likeness (QED) is 0.0487. The monoisotopic (exact) mass is 1070 g/mol. The second kappa shape index (κ2) is 31.8. The third-order valence-electron chi connectivity index (χ3n) is 11.0. The summed E-state index contributed by atoms with van der Waals surface area (Å²) < 4.78 is 31.6. The SMILES string of the molecule is C.CC(=O)O.CC(=O)Oc1ccc(CO)cc1.CC(=O)Oc1ccc(COC(=O)ON2C(=O)CCC2=O)cc1.CC(=O)Oc1ccc(CO[Si](C)(C)C(C)(C)C)cc1.CC(C)(C)[Si](C)(C)OCc1ccc(O)cc1. The van der Waals surface area contributed by atoms with Crippen LogP contribution in [-0.2, 0) is 73.6 Å². The Hall–Kier alpha value is -6.72. The summed E-state index contributed by atoms with van der Waals surface area (Å²) in [5, 5.41) is 26.2. The van der Waals surface area contributed by atoms with Crippen LogP contribution in [0.5, 0.6) is 23.0 Å². The second-order valence-corrected chi connectivity index (χ2v) is 29.0. The molecule has 18 nitrogen and oxygen atoms in total. The molecule has 0 unspecified atom stereocenters. The van der Waals surface area contributed by atoms with E-state index in [1.165, 1.54) is 20.8 Å². The Kier molecular flexibility index (Phi) is 28.9. The van der Waals surface area contributed by atoms with Gasteiger partial charge in [-0.05, 0) is 107 Å². The number of hydrogen-bond acceptors (Lipinski definition) is 16. The first-order chi connectivity index (χ1) is 33.7. The first-order valence-electron chi connectivity index (χ1n) is 23.1. The lowest BCUT2D eigenvalue weighted by atomic mass is 10.2. The van der Waals surface area contributed by atoms with E-state index in [-0.39, 0.29) is 55.5 Å². The van der Waals surface area contributed by atoms with Crippen molar-refractivity contribution in [3.8, 4) is 23.0 Å². The highest BCUT2D eigenvalue weighted by atomic mass is 28.4. The van der Waals surface area contributed by atoms with Crippen LogP contribution in [0.1, 0.15) is 112 Å². The van der Waals surface area contributed by atoms with Gasteiger partial charge in [-0.25, -0.2) is 4.79 Å². The van der Waals surface area contributed by atoms with E-state index >= 15 is 0 Å². The molecule has 5 rings (SSSR count). The van der Waals surface area contributed by atoms with E-state index in [9.17, 15) is 33.9 Å². The van der Waals surface area contributed by atoms with E-state index in [4.69, 9.17) is 42.8 Å². The van der Waals surface area contributed by atoms with Crippen LogP contribution in [0.4, 0.5) is 4.79 Å². The molecular weight excluding hydrogens is 991 g/mol. The Balaban J connectivity index is 0.000000949. The molecule has 20 heteroatoms. The van der Waals surface area contributed by atoms with Gasteiger partial charge in [0.1, 0.15) is 29.6 Å². The summed E-state index contributed by atoms with van der Waals surface area (Å²) in [6, 6.07) is 27.7. The Morgan fingerprint density at radius 1 is 0.527 bits per heavy atom. The van der Waals surface area contributed by atoms with Crippen molar-refractivity contribution in [1.82, 2.24) is 5.06 Å². The number of nitrogens with zero attached hydrogens (tertiary/aromatic N) is 1. The fourth-order valence-electron chi connectivity index (χ4n) is 4.92. The number of phenols is 1. The van der Waals surface area contributed by atoms with Crippen molar-refractivity contribution in [3.63, 3.8) is 0 Å². The van der Waals surface area contributed by atoms with Gasteiger partial charge in [0.2, 0.25) is 0 Å². The van der Waals surface area contributed by atoms with Crippen LogP contribution in [-0.4, -0.2) is 78.9 Å². The minimum atomic E-state index is -1.71. The third kappa shape index (κ3) is 27.4. The molecule has 2 amide bonds. The van der Waals surface area contributed by atoms with Gasteiger partial charge in [0.15, 0.2) is 16.6 Å². The molecule has 1 aliphatic rings. The maximum Gasteiger partial charge on any atom is 0.534 e. The van der Waals surface area contributed by atoms with Crippen molar-refractivity contribution in [1.29, 1.82) is 0 Å². The number of aliphatic hydroxyl groups is 1. The zero-order chi connectivity index (χ0) is 55.7. The molecule has 74 heavy (non-hydrogen) atoms. The molecule has 3 N–H and O–H groups in total. The van der Waals surface area contributed by atoms with Crippen LogP contribution in [0.25, 0.3) is 0 Å². The number of amides is 2. The summed E-state index contributed by atoms with van der Waals surface area (Å²) >= 11 is 0. The van der Waals surface area contributed by atoms with E-state index in [1.54, 1.807) is 72.8 Å². The van der Waals surface area contributed by atoms with Gasteiger partial charge in [-0.1, -0.05) is 103 Å². The van der Waals surface area contributed by atoms with E-state index in [0.717, 1.165) is 23.6 Å². The number of carboxylic acid groups (broad SMARTS) is 1. The van der Waals surface area contributed by atoms with Gasteiger partial charge in [-0.2, -0.15) is 0 Å². The fourth-order valence-corrected chi connectivity index (χ4v) is 6.84. The van der Waals surface area contributed by atoms with E-state index in [0.29, 0.717) is 46.8 Å². The lowest BCUT2D eigenvalue weighted by Crippen LogP contribution is -2.40. The number of rotatable bonds is 13. The number of carbonyl (C=O) groups excluding carboxylic acids is 6. The standard InChI is InChI=1S/C15H24O3Si.C14H13NO7.C13H22O2Si.C9H10O3.C2H4O2.CH4/c1-12(16)18-14-9-7-13(8-10-14)11-17-19(5,6)15(2,3)4;1-9(16)21-11-4-2-10(3-5-11)8-20-14(19)22-15-12(17)6-7-13(15)18;1-13(2,3)16(4,5)15-10-11-6-8-12(14)9-7-11;1-7(11)12-9-4-2-8(6-10)3-5-9;1-2(3)4;/h7-10H,11H2,1-6H3;2-5H,6-8H2,1H3;6-9,14H,10H2,1-5H3;2-5,10H,6H2,1H3;1H3,(H,3,4);1H4. The zero-order valence-electron chi connectivity index (χ0n) is 44.5. The molecule has 0 saturated carbocycles. The number of ether oxygens (including phenoxy) is 4. The number of esters is 3. The van der Waals surface area contributed by atoms with Crippen molar-refractivity contribution in [2.24, 2.45) is 0 Å². The van der Waals surface area contributed by atoms with Crippen LogP contribution in [0.3, 0.4) is 0 Å². The molecule has 1 saturated heterocycles.